The van der Waals surface area contributed by atoms with E-state index in [1.54, 1.807) is 11.1 Å². The third-order valence-corrected chi connectivity index (χ3v) is 4.27. The summed E-state index contributed by atoms with van der Waals surface area (Å²) < 4.78 is 0. The summed E-state index contributed by atoms with van der Waals surface area (Å²) in [6, 6.07) is 0. The van der Waals surface area contributed by atoms with Crippen LogP contribution in [0.2, 0.25) is 0 Å². The number of allylic oxidation sites excluding steroid dienone is 4. The van der Waals surface area contributed by atoms with Crippen LogP contribution in [0.1, 0.15) is 26.7 Å². The molecule has 0 unspecified atom stereocenters. The largest absolute Gasteiger partial charge is 0.0850 e. The van der Waals surface area contributed by atoms with Gasteiger partial charge in [-0.2, -0.15) is 0 Å². The van der Waals surface area contributed by atoms with Crippen LogP contribution in [0.3, 0.4) is 0 Å². The normalized spacial score (nSPS) is 49.2. The molecule has 0 saturated heterocycles. The monoisotopic (exact) mass is 160 g/mol. The Morgan fingerprint density at radius 3 is 2.92 bits per heavy atom. The molecular formula is C12H16. The van der Waals surface area contributed by atoms with Crippen LogP contribution in [-0.2, 0) is 0 Å². The lowest BCUT2D eigenvalue weighted by molar-refractivity contribution is 0.376. The van der Waals surface area contributed by atoms with Gasteiger partial charge in [0.1, 0.15) is 0 Å². The van der Waals surface area contributed by atoms with E-state index in [9.17, 15) is 0 Å². The zero-order chi connectivity index (χ0) is 8.29. The maximum Gasteiger partial charge on any atom is -0.0103 e. The summed E-state index contributed by atoms with van der Waals surface area (Å²) in [5, 5.41) is 0. The fourth-order valence-corrected chi connectivity index (χ4v) is 3.74. The molecule has 0 spiro atoms. The lowest BCUT2D eigenvalue weighted by Crippen LogP contribution is -2.17. The Morgan fingerprint density at radius 2 is 2.08 bits per heavy atom. The fourth-order valence-electron chi connectivity index (χ4n) is 3.74. The van der Waals surface area contributed by atoms with Gasteiger partial charge < -0.3 is 0 Å². The maximum absolute atomic E-state index is 2.54. The molecule has 1 fully saturated rings. The van der Waals surface area contributed by atoms with Crippen molar-refractivity contribution in [3.63, 3.8) is 0 Å². The molecule has 0 aliphatic heterocycles. The second-order valence-corrected chi connectivity index (χ2v) is 4.79. The van der Waals surface area contributed by atoms with Gasteiger partial charge in [0.25, 0.3) is 0 Å². The summed E-state index contributed by atoms with van der Waals surface area (Å²) >= 11 is 0. The van der Waals surface area contributed by atoms with Crippen LogP contribution >= 0.6 is 0 Å². The van der Waals surface area contributed by atoms with Gasteiger partial charge >= 0.3 is 0 Å². The van der Waals surface area contributed by atoms with Crippen molar-refractivity contribution < 1.29 is 0 Å². The van der Waals surface area contributed by atoms with E-state index in [1.807, 2.05) is 0 Å². The molecule has 3 aliphatic carbocycles. The Morgan fingerprint density at radius 1 is 1.25 bits per heavy atom. The molecule has 2 bridgehead atoms. The highest BCUT2D eigenvalue weighted by Gasteiger charge is 2.48. The highest BCUT2D eigenvalue weighted by atomic mass is 14.5. The van der Waals surface area contributed by atoms with Crippen molar-refractivity contribution in [1.82, 2.24) is 0 Å². The van der Waals surface area contributed by atoms with Gasteiger partial charge in [-0.1, -0.05) is 23.3 Å². The molecule has 0 aromatic carbocycles. The lowest BCUT2D eigenvalue weighted by atomic mass is 9.79. The van der Waals surface area contributed by atoms with Gasteiger partial charge in [-0.05, 0) is 50.4 Å². The molecule has 0 N–H and O–H groups in total. The Labute approximate surface area is 74.4 Å². The molecular weight excluding hydrogens is 144 g/mol. The molecule has 0 amide bonds. The third-order valence-electron chi connectivity index (χ3n) is 4.27. The summed E-state index contributed by atoms with van der Waals surface area (Å²) in [4.78, 5) is 0. The second kappa shape index (κ2) is 2.04. The van der Waals surface area contributed by atoms with E-state index < -0.39 is 0 Å². The molecule has 4 atom stereocenters. The average Bonchev–Trinajstić information content (AvgIpc) is 2.62. The Kier molecular flexibility index (Phi) is 1.18. The zero-order valence-electron chi connectivity index (χ0n) is 7.88. The van der Waals surface area contributed by atoms with Gasteiger partial charge in [0.15, 0.2) is 0 Å². The van der Waals surface area contributed by atoms with Crippen LogP contribution in [0, 0.1) is 23.7 Å². The molecule has 0 heteroatoms. The Bertz CT molecular complexity index is 282. The van der Waals surface area contributed by atoms with E-state index in [1.165, 1.54) is 12.8 Å². The Balaban J connectivity index is 2.03. The van der Waals surface area contributed by atoms with Gasteiger partial charge in [-0.15, -0.1) is 0 Å². The van der Waals surface area contributed by atoms with Crippen LogP contribution < -0.4 is 0 Å². The van der Waals surface area contributed by atoms with Gasteiger partial charge in [0.05, 0.1) is 0 Å². The van der Waals surface area contributed by atoms with Crippen molar-refractivity contribution in [3.05, 3.63) is 23.3 Å². The quantitative estimate of drug-likeness (QED) is 0.477. The summed E-state index contributed by atoms with van der Waals surface area (Å²) in [6.07, 6.45) is 7.84. The van der Waals surface area contributed by atoms with E-state index in [-0.39, 0.29) is 0 Å². The molecule has 0 aromatic heterocycles. The van der Waals surface area contributed by atoms with Crippen LogP contribution in [0.5, 0.6) is 0 Å². The van der Waals surface area contributed by atoms with Crippen LogP contribution in [0.25, 0.3) is 0 Å². The highest BCUT2D eigenvalue weighted by molar-refractivity contribution is 5.31. The summed E-state index contributed by atoms with van der Waals surface area (Å²) in [7, 11) is 0. The van der Waals surface area contributed by atoms with Crippen molar-refractivity contribution in [1.29, 1.82) is 0 Å². The van der Waals surface area contributed by atoms with Gasteiger partial charge in [-0.3, -0.25) is 0 Å². The number of rotatable bonds is 0. The minimum absolute atomic E-state index is 0.929. The standard InChI is InChI=1S/C12H16/c1-7-3-4-10-9-5-8(2)11(6-9)12(7)10/h3,5,9-12H,4,6H2,1-2H3/t9-,10+,11-,12-/m1/s1. The molecule has 12 heavy (non-hydrogen) atoms. The summed E-state index contributed by atoms with van der Waals surface area (Å²) in [5.41, 5.74) is 3.36. The average molecular weight is 160 g/mol. The van der Waals surface area contributed by atoms with Gasteiger partial charge in [-0.25, -0.2) is 0 Å². The molecule has 0 nitrogen and oxygen atoms in total. The fraction of sp³-hybridized carbons (Fsp3) is 0.667. The van der Waals surface area contributed by atoms with Crippen LogP contribution in [0.4, 0.5) is 0 Å². The van der Waals surface area contributed by atoms with E-state index in [2.05, 4.69) is 26.0 Å². The van der Waals surface area contributed by atoms with Crippen molar-refractivity contribution in [2.75, 3.05) is 0 Å². The molecule has 64 valence electrons. The first kappa shape index (κ1) is 6.94. The smallest absolute Gasteiger partial charge is 0.0103 e. The van der Waals surface area contributed by atoms with E-state index in [0.717, 1.165) is 23.7 Å². The second-order valence-electron chi connectivity index (χ2n) is 4.79. The van der Waals surface area contributed by atoms with E-state index in [0.29, 0.717) is 0 Å². The Hall–Kier alpha value is -0.520. The van der Waals surface area contributed by atoms with Crippen molar-refractivity contribution in [2.24, 2.45) is 23.7 Å². The molecule has 0 aromatic rings. The molecule has 1 saturated carbocycles. The molecule has 0 heterocycles. The molecule has 0 radical (unpaired) electrons. The number of fused-ring (bicyclic) bond motifs is 5. The first-order valence-corrected chi connectivity index (χ1v) is 5.12. The van der Waals surface area contributed by atoms with Crippen molar-refractivity contribution in [2.45, 2.75) is 26.7 Å². The highest BCUT2D eigenvalue weighted by Crippen LogP contribution is 2.57. The van der Waals surface area contributed by atoms with Crippen LogP contribution in [0.15, 0.2) is 23.3 Å². The van der Waals surface area contributed by atoms with E-state index >= 15 is 0 Å². The minimum atomic E-state index is 0.929. The minimum Gasteiger partial charge on any atom is -0.0850 e. The summed E-state index contributed by atoms with van der Waals surface area (Å²) in [6.45, 7) is 4.66. The van der Waals surface area contributed by atoms with Gasteiger partial charge in [0, 0.05) is 0 Å². The first-order valence-electron chi connectivity index (χ1n) is 5.12. The summed E-state index contributed by atoms with van der Waals surface area (Å²) in [5.74, 6) is 3.81. The molecule has 3 aliphatic rings. The zero-order valence-corrected chi connectivity index (χ0v) is 7.88. The van der Waals surface area contributed by atoms with E-state index in [4.69, 9.17) is 0 Å². The van der Waals surface area contributed by atoms with Crippen molar-refractivity contribution >= 4 is 0 Å². The number of hydrogen-bond donors (Lipinski definition) is 0. The lowest BCUT2D eigenvalue weighted by Gasteiger charge is -2.25. The SMILES string of the molecule is CC1=CC[C@@H]2[C@@H]1[C@@H]1C[C@H]2C=C1C. The van der Waals surface area contributed by atoms with Crippen molar-refractivity contribution in [3.8, 4) is 0 Å². The predicted octanol–water partition coefficient (Wildman–Crippen LogP) is 3.16. The first-order chi connectivity index (χ1) is 5.77. The molecule has 3 rings (SSSR count). The van der Waals surface area contributed by atoms with Gasteiger partial charge in [0.2, 0.25) is 0 Å². The third kappa shape index (κ3) is 0.646. The maximum atomic E-state index is 2.54. The topological polar surface area (TPSA) is 0 Å². The number of hydrogen-bond acceptors (Lipinski definition) is 0. The predicted molar refractivity (Wildman–Crippen MR) is 50.7 cm³/mol. The van der Waals surface area contributed by atoms with Crippen LogP contribution in [-0.4, -0.2) is 0 Å².